The summed E-state index contributed by atoms with van der Waals surface area (Å²) >= 11 is 0. The third-order valence-corrected chi connectivity index (χ3v) is 1.03. The summed E-state index contributed by atoms with van der Waals surface area (Å²) in [4.78, 5) is 0. The molecule has 0 unspecified atom stereocenters. The van der Waals surface area contributed by atoms with Gasteiger partial charge < -0.3 is 10.5 Å². The molecule has 0 aromatic carbocycles. The Balaban J connectivity index is 1.47. The van der Waals surface area contributed by atoms with Crippen molar-refractivity contribution in [1.29, 1.82) is 0 Å². The summed E-state index contributed by atoms with van der Waals surface area (Å²) in [6.07, 6.45) is 0.0486. The van der Waals surface area contributed by atoms with Gasteiger partial charge in [0.25, 0.3) is 7.55 Å². The second kappa shape index (κ2) is 1.85. The molecule has 7 heteroatoms. The third-order valence-electron chi connectivity index (χ3n) is 1.03. The van der Waals surface area contributed by atoms with Crippen molar-refractivity contribution in [1.82, 2.24) is 10.5 Å². The Labute approximate surface area is 52.1 Å². The molecule has 0 amide bonds. The van der Waals surface area contributed by atoms with Gasteiger partial charge in [-0.1, -0.05) is 0 Å². The van der Waals surface area contributed by atoms with E-state index in [0.29, 0.717) is 7.55 Å². The largest absolute Gasteiger partial charge is 0.302 e. The van der Waals surface area contributed by atoms with Gasteiger partial charge in [-0.2, -0.15) is 0 Å². The number of hydrogen-bond donors (Lipinski definition) is 2. The normalized spacial score (nSPS) is 22.7. The number of nitrogens with zero attached hydrogens (tertiary/aromatic N) is 4. The van der Waals surface area contributed by atoms with Gasteiger partial charge in [0.1, 0.15) is 0 Å². The summed E-state index contributed by atoms with van der Waals surface area (Å²) in [5.41, 5.74) is 0. The van der Waals surface area contributed by atoms with E-state index in [0.717, 1.165) is 0 Å². The molecule has 2 aliphatic rings. The zero-order chi connectivity index (χ0) is 6.10. The van der Waals surface area contributed by atoms with Gasteiger partial charge in [0.15, 0.2) is 0 Å². The Morgan fingerprint density at radius 1 is 0.889 bits per heavy atom. The maximum absolute atomic E-state index is 3.63. The fraction of sp³-hybridized carbons (Fsp3) is 1.00. The first-order valence-corrected chi connectivity index (χ1v) is 2.72. The minimum absolute atomic E-state index is 0.0243. The third kappa shape index (κ3) is 1.54. The van der Waals surface area contributed by atoms with Crippen molar-refractivity contribution in [2.75, 3.05) is 0 Å². The van der Waals surface area contributed by atoms with Crippen LogP contribution in [-0.4, -0.2) is 20.1 Å². The second-order valence-electron chi connectivity index (χ2n) is 1.79. The standard InChI is InChI=1S/C2H5BN6/c3(4-1-6-7-1)5-2-8-9-2/h1-5H. The van der Waals surface area contributed by atoms with Gasteiger partial charge in [0.05, 0.1) is 0 Å². The first kappa shape index (κ1) is 5.01. The Morgan fingerprint density at radius 3 is 1.67 bits per heavy atom. The van der Waals surface area contributed by atoms with Gasteiger partial charge in [-0.3, -0.25) is 0 Å². The maximum atomic E-state index is 3.63. The van der Waals surface area contributed by atoms with Crippen molar-refractivity contribution in [3.8, 4) is 0 Å². The van der Waals surface area contributed by atoms with E-state index in [1.807, 2.05) is 0 Å². The first-order valence-electron chi connectivity index (χ1n) is 2.72. The highest BCUT2D eigenvalue weighted by atomic mass is 15.5. The van der Waals surface area contributed by atoms with Crippen LogP contribution in [0.1, 0.15) is 0 Å². The first-order chi connectivity index (χ1) is 4.45. The van der Waals surface area contributed by atoms with E-state index in [-0.39, 0.29) is 12.6 Å². The average molecular weight is 124 g/mol. The molecule has 6 nitrogen and oxygen atoms in total. The van der Waals surface area contributed by atoms with Crippen molar-refractivity contribution >= 4 is 7.55 Å². The van der Waals surface area contributed by atoms with Crippen LogP contribution in [0.4, 0.5) is 0 Å². The molecule has 0 atom stereocenters. The lowest BCUT2D eigenvalue weighted by atomic mass is 10.2. The highest BCUT2D eigenvalue weighted by Crippen LogP contribution is 2.05. The summed E-state index contributed by atoms with van der Waals surface area (Å²) in [5, 5.41) is 20.5. The molecule has 2 aliphatic heterocycles. The van der Waals surface area contributed by atoms with Crippen LogP contribution in [0.3, 0.4) is 0 Å². The van der Waals surface area contributed by atoms with Crippen molar-refractivity contribution in [2.45, 2.75) is 12.6 Å². The van der Waals surface area contributed by atoms with E-state index >= 15 is 0 Å². The Morgan fingerprint density at radius 2 is 1.33 bits per heavy atom. The Hall–Kier alpha value is -0.815. The molecule has 0 fully saturated rings. The maximum Gasteiger partial charge on any atom is 0.292 e. The molecule has 2 rings (SSSR count). The lowest BCUT2D eigenvalue weighted by Gasteiger charge is -1.93. The van der Waals surface area contributed by atoms with Gasteiger partial charge in [0.2, 0.25) is 12.6 Å². The van der Waals surface area contributed by atoms with Crippen LogP contribution in [-0.2, 0) is 0 Å². The van der Waals surface area contributed by atoms with E-state index in [1.165, 1.54) is 0 Å². The summed E-state index contributed by atoms with van der Waals surface area (Å²) in [6.45, 7) is 0. The quantitative estimate of drug-likeness (QED) is 0.468. The summed E-state index contributed by atoms with van der Waals surface area (Å²) in [7, 11) is 0.662. The van der Waals surface area contributed by atoms with Crippen LogP contribution >= 0.6 is 0 Å². The molecule has 0 aliphatic carbocycles. The van der Waals surface area contributed by atoms with Crippen molar-refractivity contribution in [2.24, 2.45) is 20.5 Å². The van der Waals surface area contributed by atoms with Crippen molar-refractivity contribution < 1.29 is 0 Å². The van der Waals surface area contributed by atoms with E-state index < -0.39 is 0 Å². The van der Waals surface area contributed by atoms with Gasteiger partial charge in [-0.05, 0) is 0 Å². The highest BCUT2D eigenvalue weighted by Gasteiger charge is 2.18. The number of hydrogen-bond acceptors (Lipinski definition) is 6. The number of rotatable bonds is 4. The molecule has 2 heterocycles. The molecule has 0 bridgehead atoms. The van der Waals surface area contributed by atoms with Gasteiger partial charge in [0, 0.05) is 0 Å². The van der Waals surface area contributed by atoms with Crippen LogP contribution in [0.15, 0.2) is 20.5 Å². The van der Waals surface area contributed by atoms with E-state index in [4.69, 9.17) is 0 Å². The fourth-order valence-corrected chi connectivity index (χ4v) is 0.471. The molecular weight excluding hydrogens is 119 g/mol. The number of nitrogens with one attached hydrogen (secondary N) is 2. The summed E-state index contributed by atoms with van der Waals surface area (Å²) < 4.78 is 0. The molecule has 0 radical (unpaired) electrons. The van der Waals surface area contributed by atoms with E-state index in [1.54, 1.807) is 0 Å². The SMILES string of the molecule is B(NC1N=N1)NC1N=N1. The lowest BCUT2D eigenvalue weighted by molar-refractivity contribution is 0.818. The van der Waals surface area contributed by atoms with Crippen LogP contribution in [0, 0.1) is 0 Å². The molecule has 0 aromatic rings. The molecule has 0 aromatic heterocycles. The highest BCUT2D eigenvalue weighted by molar-refractivity contribution is 6.29. The second-order valence-corrected chi connectivity index (χ2v) is 1.79. The zero-order valence-electron chi connectivity index (χ0n) is 4.65. The minimum atomic E-state index is 0.0243. The van der Waals surface area contributed by atoms with Crippen LogP contribution in [0.2, 0.25) is 0 Å². The van der Waals surface area contributed by atoms with Gasteiger partial charge in [-0.15, -0.1) is 20.5 Å². The summed E-state index contributed by atoms with van der Waals surface area (Å²) in [5.74, 6) is 0. The van der Waals surface area contributed by atoms with Crippen molar-refractivity contribution in [3.05, 3.63) is 0 Å². The average Bonchev–Trinajstić information content (AvgIpc) is 2.57. The molecule has 0 saturated heterocycles. The van der Waals surface area contributed by atoms with E-state index in [9.17, 15) is 0 Å². The predicted molar refractivity (Wildman–Crippen MR) is 30.7 cm³/mol. The Bertz CT molecular complexity index is 134. The predicted octanol–water partition coefficient (Wildman–Crippen LogP) is -1.07. The topological polar surface area (TPSA) is 73.5 Å². The monoisotopic (exact) mass is 124 g/mol. The van der Waals surface area contributed by atoms with Gasteiger partial charge >= 0.3 is 0 Å². The van der Waals surface area contributed by atoms with Crippen LogP contribution in [0.5, 0.6) is 0 Å². The molecule has 0 spiro atoms. The van der Waals surface area contributed by atoms with Crippen LogP contribution < -0.4 is 10.5 Å². The van der Waals surface area contributed by atoms with E-state index in [2.05, 4.69) is 30.9 Å². The minimum Gasteiger partial charge on any atom is -0.302 e. The smallest absolute Gasteiger partial charge is 0.292 e. The summed E-state index contributed by atoms with van der Waals surface area (Å²) in [6, 6.07) is 0. The van der Waals surface area contributed by atoms with Gasteiger partial charge in [-0.25, -0.2) is 0 Å². The van der Waals surface area contributed by atoms with Crippen molar-refractivity contribution in [3.63, 3.8) is 0 Å². The Kier molecular flexibility index (Phi) is 1.03. The molecule has 9 heavy (non-hydrogen) atoms. The molecule has 2 N–H and O–H groups in total. The molecular formula is C2H5BN6. The molecule has 46 valence electrons. The molecule has 0 saturated carbocycles. The zero-order valence-corrected chi connectivity index (χ0v) is 4.65. The lowest BCUT2D eigenvalue weighted by Crippen LogP contribution is -2.36. The van der Waals surface area contributed by atoms with Crippen LogP contribution in [0.25, 0.3) is 0 Å². The fourth-order valence-electron chi connectivity index (χ4n) is 0.471.